The molecule has 2 amide bonds. The fraction of sp³-hybridized carbons (Fsp3) is 0.417. The summed E-state index contributed by atoms with van der Waals surface area (Å²) >= 11 is 0. The van der Waals surface area contributed by atoms with Crippen LogP contribution in [0.3, 0.4) is 0 Å². The van der Waals surface area contributed by atoms with Crippen LogP contribution in [-0.2, 0) is 16.0 Å². The van der Waals surface area contributed by atoms with Crippen LogP contribution in [0.15, 0.2) is 48.5 Å². The number of halogens is 1. The van der Waals surface area contributed by atoms with Crippen LogP contribution < -0.4 is 5.32 Å². The van der Waals surface area contributed by atoms with Crippen LogP contribution in [0, 0.1) is 17.2 Å². The van der Waals surface area contributed by atoms with Crippen LogP contribution >= 0.6 is 0 Å². The van der Waals surface area contributed by atoms with Crippen molar-refractivity contribution in [3.05, 3.63) is 59.9 Å². The first-order valence-electron chi connectivity index (χ1n) is 10.2. The molecule has 0 atom stereocenters. The number of nitrogens with zero attached hydrogens (tertiary/aromatic N) is 1. The molecule has 0 aromatic heterocycles. The number of likely N-dealkylation sites (tertiary alicyclic amines) is 1. The Morgan fingerprint density at radius 1 is 1.07 bits per heavy atom. The number of piperidine rings is 1. The van der Waals surface area contributed by atoms with Gasteiger partial charge in [0.05, 0.1) is 5.41 Å². The molecule has 29 heavy (non-hydrogen) atoms. The zero-order valence-electron chi connectivity index (χ0n) is 17.4. The molecule has 1 aliphatic heterocycles. The van der Waals surface area contributed by atoms with Gasteiger partial charge in [0.2, 0.25) is 11.8 Å². The number of benzene rings is 2. The molecule has 1 fully saturated rings. The van der Waals surface area contributed by atoms with Crippen molar-refractivity contribution in [1.29, 1.82) is 0 Å². The van der Waals surface area contributed by atoms with E-state index in [-0.39, 0.29) is 23.5 Å². The molecule has 2 aromatic carbocycles. The second kappa shape index (κ2) is 8.76. The standard InChI is InChI=1S/C24H29FN2O2/c1-17(2)22(28)27-14-12-24(13-15-27,23(29)26-3)16-18-8-10-19(11-9-18)20-6-4-5-7-21(20)25/h4-11,17H,12-16H2,1-3H3,(H,26,29). The Bertz CT molecular complexity index is 869. The quantitative estimate of drug-likeness (QED) is 0.829. The first-order chi connectivity index (χ1) is 13.9. The minimum Gasteiger partial charge on any atom is -0.359 e. The molecule has 0 unspecified atom stereocenters. The van der Waals surface area contributed by atoms with E-state index in [1.54, 1.807) is 19.2 Å². The molecular weight excluding hydrogens is 367 g/mol. The molecule has 0 aliphatic carbocycles. The molecule has 0 spiro atoms. The first-order valence-corrected chi connectivity index (χ1v) is 10.2. The molecule has 0 radical (unpaired) electrons. The van der Waals surface area contributed by atoms with Gasteiger partial charge in [0.15, 0.2) is 0 Å². The lowest BCUT2D eigenvalue weighted by Gasteiger charge is -2.41. The maximum atomic E-state index is 14.0. The number of nitrogens with one attached hydrogen (secondary N) is 1. The molecule has 3 rings (SSSR count). The van der Waals surface area contributed by atoms with Crippen LogP contribution in [0.2, 0.25) is 0 Å². The summed E-state index contributed by atoms with van der Waals surface area (Å²) in [4.78, 5) is 26.9. The molecule has 154 valence electrons. The van der Waals surface area contributed by atoms with E-state index in [0.29, 0.717) is 37.9 Å². The summed E-state index contributed by atoms with van der Waals surface area (Å²) in [5, 5.41) is 2.82. The Morgan fingerprint density at radius 3 is 2.24 bits per heavy atom. The monoisotopic (exact) mass is 396 g/mol. The van der Waals surface area contributed by atoms with E-state index in [9.17, 15) is 14.0 Å². The van der Waals surface area contributed by atoms with Gasteiger partial charge in [-0.25, -0.2) is 4.39 Å². The highest BCUT2D eigenvalue weighted by atomic mass is 19.1. The predicted octanol–water partition coefficient (Wildman–Crippen LogP) is 4.05. The van der Waals surface area contributed by atoms with Crippen molar-refractivity contribution in [3.8, 4) is 11.1 Å². The molecule has 1 saturated heterocycles. The number of amides is 2. The van der Waals surface area contributed by atoms with Gasteiger partial charge >= 0.3 is 0 Å². The van der Waals surface area contributed by atoms with Crippen molar-refractivity contribution in [2.45, 2.75) is 33.1 Å². The van der Waals surface area contributed by atoms with Crippen molar-refractivity contribution in [1.82, 2.24) is 10.2 Å². The third-order valence-corrected chi connectivity index (χ3v) is 5.92. The first kappa shape index (κ1) is 21.0. The summed E-state index contributed by atoms with van der Waals surface area (Å²) in [6.45, 7) is 5.00. The van der Waals surface area contributed by atoms with Crippen molar-refractivity contribution in [3.63, 3.8) is 0 Å². The third-order valence-electron chi connectivity index (χ3n) is 5.92. The van der Waals surface area contributed by atoms with Crippen LogP contribution in [0.25, 0.3) is 11.1 Å². The number of hydrogen-bond acceptors (Lipinski definition) is 2. The molecule has 2 aromatic rings. The van der Waals surface area contributed by atoms with Crippen molar-refractivity contribution in [2.24, 2.45) is 11.3 Å². The summed E-state index contributed by atoms with van der Waals surface area (Å²) < 4.78 is 14.0. The summed E-state index contributed by atoms with van der Waals surface area (Å²) in [5.41, 5.74) is 1.90. The zero-order valence-corrected chi connectivity index (χ0v) is 17.4. The minimum absolute atomic E-state index is 0.0207. The molecule has 0 bridgehead atoms. The highest BCUT2D eigenvalue weighted by Gasteiger charge is 2.42. The SMILES string of the molecule is CNC(=O)C1(Cc2ccc(-c3ccccc3F)cc2)CCN(C(=O)C(C)C)CC1. The molecule has 4 nitrogen and oxygen atoms in total. The van der Waals surface area contributed by atoms with Crippen molar-refractivity contribution < 1.29 is 14.0 Å². The van der Waals surface area contributed by atoms with E-state index in [1.807, 2.05) is 49.1 Å². The van der Waals surface area contributed by atoms with Crippen LogP contribution in [0.5, 0.6) is 0 Å². The summed E-state index contributed by atoms with van der Waals surface area (Å²) in [6, 6.07) is 14.5. The second-order valence-electron chi connectivity index (χ2n) is 8.19. The Labute approximate surface area is 172 Å². The maximum absolute atomic E-state index is 14.0. The van der Waals surface area contributed by atoms with Gasteiger partial charge in [0.25, 0.3) is 0 Å². The topological polar surface area (TPSA) is 49.4 Å². The van der Waals surface area contributed by atoms with Crippen LogP contribution in [-0.4, -0.2) is 36.9 Å². The lowest BCUT2D eigenvalue weighted by Crippen LogP contribution is -2.51. The average molecular weight is 397 g/mol. The van der Waals surface area contributed by atoms with Gasteiger partial charge in [-0.2, -0.15) is 0 Å². The van der Waals surface area contributed by atoms with Crippen molar-refractivity contribution >= 4 is 11.8 Å². The van der Waals surface area contributed by atoms with E-state index < -0.39 is 5.41 Å². The normalized spacial score (nSPS) is 16.0. The highest BCUT2D eigenvalue weighted by Crippen LogP contribution is 2.36. The Morgan fingerprint density at radius 2 is 1.69 bits per heavy atom. The highest BCUT2D eigenvalue weighted by molar-refractivity contribution is 5.84. The fourth-order valence-corrected chi connectivity index (χ4v) is 4.16. The number of rotatable bonds is 5. The summed E-state index contributed by atoms with van der Waals surface area (Å²) in [5.74, 6) is -0.116. The maximum Gasteiger partial charge on any atom is 0.226 e. The van der Waals surface area contributed by atoms with E-state index in [1.165, 1.54) is 6.07 Å². The van der Waals surface area contributed by atoms with Gasteiger partial charge in [-0.15, -0.1) is 0 Å². The van der Waals surface area contributed by atoms with E-state index in [4.69, 9.17) is 0 Å². The summed E-state index contributed by atoms with van der Waals surface area (Å²) in [7, 11) is 1.66. The lowest BCUT2D eigenvalue weighted by molar-refractivity contribution is -0.142. The van der Waals surface area contributed by atoms with Gasteiger partial charge < -0.3 is 10.2 Å². The molecule has 1 aliphatic rings. The Hall–Kier alpha value is -2.69. The largest absolute Gasteiger partial charge is 0.359 e. The molecule has 0 saturated carbocycles. The minimum atomic E-state index is -0.526. The Balaban J connectivity index is 1.77. The second-order valence-corrected chi connectivity index (χ2v) is 8.19. The van der Waals surface area contributed by atoms with Crippen LogP contribution in [0.1, 0.15) is 32.3 Å². The molecular formula is C24H29FN2O2. The van der Waals surface area contributed by atoms with Gasteiger partial charge in [0, 0.05) is 31.6 Å². The van der Waals surface area contributed by atoms with Gasteiger partial charge in [0.1, 0.15) is 5.82 Å². The lowest BCUT2D eigenvalue weighted by atomic mass is 9.72. The number of hydrogen-bond donors (Lipinski definition) is 1. The van der Waals surface area contributed by atoms with Crippen LogP contribution in [0.4, 0.5) is 4.39 Å². The summed E-state index contributed by atoms with van der Waals surface area (Å²) in [6.07, 6.45) is 1.88. The van der Waals surface area contributed by atoms with E-state index in [2.05, 4.69) is 5.32 Å². The van der Waals surface area contributed by atoms with Gasteiger partial charge in [-0.1, -0.05) is 56.3 Å². The van der Waals surface area contributed by atoms with E-state index >= 15 is 0 Å². The van der Waals surface area contributed by atoms with Gasteiger partial charge in [-0.05, 0) is 36.5 Å². The molecule has 1 N–H and O–H groups in total. The number of carbonyl (C=O) groups is 2. The average Bonchev–Trinajstić information content (AvgIpc) is 2.74. The smallest absolute Gasteiger partial charge is 0.226 e. The zero-order chi connectivity index (χ0) is 21.0. The Kier molecular flexibility index (Phi) is 6.36. The molecule has 5 heteroatoms. The van der Waals surface area contributed by atoms with E-state index in [0.717, 1.165) is 11.1 Å². The van der Waals surface area contributed by atoms with Crippen molar-refractivity contribution in [2.75, 3.05) is 20.1 Å². The third kappa shape index (κ3) is 4.50. The predicted molar refractivity (Wildman–Crippen MR) is 113 cm³/mol. The van der Waals surface area contributed by atoms with Gasteiger partial charge in [-0.3, -0.25) is 9.59 Å². The number of carbonyl (C=O) groups excluding carboxylic acids is 2. The fourth-order valence-electron chi connectivity index (χ4n) is 4.16. The molecule has 1 heterocycles.